The number of carbonyl (C=O) groups is 1. The minimum atomic E-state index is -0.225. The van der Waals surface area contributed by atoms with E-state index in [1.165, 1.54) is 11.1 Å². The highest BCUT2D eigenvalue weighted by atomic mass is 16.2. The molecule has 1 aliphatic carbocycles. The van der Waals surface area contributed by atoms with Crippen molar-refractivity contribution < 1.29 is 4.79 Å². The summed E-state index contributed by atoms with van der Waals surface area (Å²) in [6.45, 7) is 4.27. The fourth-order valence-electron chi connectivity index (χ4n) is 2.56. The molecule has 1 aromatic heterocycles. The van der Waals surface area contributed by atoms with Crippen LogP contribution < -0.4 is 16.0 Å². The van der Waals surface area contributed by atoms with E-state index < -0.39 is 0 Å². The first-order valence-corrected chi connectivity index (χ1v) is 8.48. The number of benzene rings is 1. The van der Waals surface area contributed by atoms with Gasteiger partial charge in [0.05, 0.1) is 0 Å². The number of nitrogens with zero attached hydrogens (tertiary/aromatic N) is 2. The summed E-state index contributed by atoms with van der Waals surface area (Å²) in [7, 11) is 0. The third-order valence-electron chi connectivity index (χ3n) is 4.07. The van der Waals surface area contributed by atoms with E-state index in [0.29, 0.717) is 17.7 Å². The fraction of sp³-hybridized carbons (Fsp3) is 0.389. The minimum absolute atomic E-state index is 0.225. The van der Waals surface area contributed by atoms with Crippen molar-refractivity contribution in [2.45, 2.75) is 45.6 Å². The molecule has 2 aromatic rings. The van der Waals surface area contributed by atoms with Crippen LogP contribution in [0.25, 0.3) is 0 Å². The van der Waals surface area contributed by atoms with Crippen LogP contribution >= 0.6 is 0 Å². The van der Waals surface area contributed by atoms with E-state index in [4.69, 9.17) is 0 Å². The van der Waals surface area contributed by atoms with Gasteiger partial charge in [-0.05, 0) is 48.9 Å². The van der Waals surface area contributed by atoms with Crippen LogP contribution in [-0.2, 0) is 12.8 Å². The lowest BCUT2D eigenvalue weighted by Crippen LogP contribution is -2.30. The quantitative estimate of drug-likeness (QED) is 0.758. The number of nitrogens with one attached hydrogen (secondary N) is 3. The Hall–Kier alpha value is -2.63. The zero-order valence-electron chi connectivity index (χ0n) is 14.1. The van der Waals surface area contributed by atoms with Gasteiger partial charge in [0.25, 0.3) is 0 Å². The van der Waals surface area contributed by atoms with Gasteiger partial charge < -0.3 is 10.6 Å². The van der Waals surface area contributed by atoms with E-state index in [1.54, 1.807) is 6.07 Å². The molecule has 1 aliphatic rings. The molecule has 3 N–H and O–H groups in total. The maximum absolute atomic E-state index is 11.7. The first kappa shape index (κ1) is 16.2. The molecule has 2 amide bonds. The Kier molecular flexibility index (Phi) is 4.93. The number of carbonyl (C=O) groups excluding carboxylic acids is 1. The molecule has 3 rings (SSSR count). The molecule has 0 saturated heterocycles. The van der Waals surface area contributed by atoms with Gasteiger partial charge in [0.2, 0.25) is 0 Å². The molecule has 0 aliphatic heterocycles. The number of aryl methyl sites for hydroxylation is 2. The summed E-state index contributed by atoms with van der Waals surface area (Å²) in [5.41, 5.74) is 3.60. The highest BCUT2D eigenvalue weighted by molar-refractivity contribution is 5.88. The highest BCUT2D eigenvalue weighted by Crippen LogP contribution is 2.25. The molecule has 1 aromatic carbocycles. The minimum Gasteiger partial charge on any atom is -0.338 e. The summed E-state index contributed by atoms with van der Waals surface area (Å²) in [4.78, 5) is 11.7. The molecule has 0 unspecified atom stereocenters. The van der Waals surface area contributed by atoms with E-state index in [9.17, 15) is 4.79 Å². The van der Waals surface area contributed by atoms with E-state index in [1.807, 2.05) is 6.07 Å². The average Bonchev–Trinajstić information content (AvgIpc) is 3.40. The number of anilines is 3. The summed E-state index contributed by atoms with van der Waals surface area (Å²) in [5.74, 6) is 1.11. The van der Waals surface area contributed by atoms with Crippen LogP contribution in [0, 0.1) is 0 Å². The van der Waals surface area contributed by atoms with Crippen LogP contribution in [0.4, 0.5) is 22.1 Å². The standard InChI is InChI=1S/C18H23N5O/c1-3-12-6-5-7-13(4-2)17(12)20-15-10-11-16(23-22-15)21-18(24)19-14-8-9-14/h5-7,10-11,14H,3-4,8-9H2,1-2H3,(H,20,22)(H2,19,21,23,24). The van der Waals surface area contributed by atoms with Gasteiger partial charge in [-0.15, -0.1) is 10.2 Å². The zero-order chi connectivity index (χ0) is 16.9. The Morgan fingerprint density at radius 2 is 1.67 bits per heavy atom. The second-order valence-corrected chi connectivity index (χ2v) is 5.96. The van der Waals surface area contributed by atoms with Crippen LogP contribution in [0.5, 0.6) is 0 Å². The van der Waals surface area contributed by atoms with Crippen molar-refractivity contribution in [3.8, 4) is 0 Å². The number of para-hydroxylation sites is 1. The summed E-state index contributed by atoms with van der Waals surface area (Å²) in [5, 5.41) is 17.2. The molecular formula is C18H23N5O. The Morgan fingerprint density at radius 3 is 2.21 bits per heavy atom. The van der Waals surface area contributed by atoms with Crippen LogP contribution in [0.1, 0.15) is 37.8 Å². The van der Waals surface area contributed by atoms with Crippen LogP contribution in [-0.4, -0.2) is 22.3 Å². The van der Waals surface area contributed by atoms with E-state index in [0.717, 1.165) is 31.4 Å². The monoisotopic (exact) mass is 325 g/mol. The molecule has 0 bridgehead atoms. The molecule has 1 heterocycles. The molecule has 0 spiro atoms. The number of amides is 2. The zero-order valence-corrected chi connectivity index (χ0v) is 14.1. The smallest absolute Gasteiger partial charge is 0.320 e. The topological polar surface area (TPSA) is 78.9 Å². The second kappa shape index (κ2) is 7.29. The van der Waals surface area contributed by atoms with Gasteiger partial charge >= 0.3 is 6.03 Å². The van der Waals surface area contributed by atoms with Crippen molar-refractivity contribution in [1.29, 1.82) is 0 Å². The van der Waals surface area contributed by atoms with Crippen molar-refractivity contribution in [3.63, 3.8) is 0 Å². The summed E-state index contributed by atoms with van der Waals surface area (Å²) >= 11 is 0. The van der Waals surface area contributed by atoms with Gasteiger partial charge in [-0.3, -0.25) is 5.32 Å². The predicted octanol–water partition coefficient (Wildman–Crippen LogP) is 3.63. The van der Waals surface area contributed by atoms with Crippen molar-refractivity contribution in [2.75, 3.05) is 10.6 Å². The van der Waals surface area contributed by atoms with Crippen LogP contribution in [0.15, 0.2) is 30.3 Å². The average molecular weight is 325 g/mol. The van der Waals surface area contributed by atoms with Crippen molar-refractivity contribution in [3.05, 3.63) is 41.5 Å². The summed E-state index contributed by atoms with van der Waals surface area (Å²) in [6.07, 6.45) is 4.01. The van der Waals surface area contributed by atoms with Crippen LogP contribution in [0.2, 0.25) is 0 Å². The maximum Gasteiger partial charge on any atom is 0.320 e. The molecule has 0 atom stereocenters. The van der Waals surface area contributed by atoms with Gasteiger partial charge in [0.1, 0.15) is 0 Å². The Bertz CT molecular complexity index is 688. The predicted molar refractivity (Wildman–Crippen MR) is 95.7 cm³/mol. The third-order valence-corrected chi connectivity index (χ3v) is 4.07. The van der Waals surface area contributed by atoms with Gasteiger partial charge in [-0.1, -0.05) is 32.0 Å². The molecule has 0 radical (unpaired) electrons. The van der Waals surface area contributed by atoms with E-state index in [-0.39, 0.29) is 6.03 Å². The van der Waals surface area contributed by atoms with Crippen molar-refractivity contribution in [1.82, 2.24) is 15.5 Å². The number of urea groups is 1. The molecule has 6 heteroatoms. The molecule has 24 heavy (non-hydrogen) atoms. The highest BCUT2D eigenvalue weighted by Gasteiger charge is 2.23. The van der Waals surface area contributed by atoms with E-state index in [2.05, 4.69) is 58.2 Å². The van der Waals surface area contributed by atoms with Crippen LogP contribution in [0.3, 0.4) is 0 Å². The second-order valence-electron chi connectivity index (χ2n) is 5.96. The number of aromatic nitrogens is 2. The van der Waals surface area contributed by atoms with E-state index >= 15 is 0 Å². The lowest BCUT2D eigenvalue weighted by atomic mass is 10.0. The Morgan fingerprint density at radius 1 is 1.04 bits per heavy atom. The van der Waals surface area contributed by atoms with Crippen molar-refractivity contribution >= 4 is 23.4 Å². The molecule has 6 nitrogen and oxygen atoms in total. The van der Waals surface area contributed by atoms with Gasteiger partial charge in [-0.2, -0.15) is 0 Å². The number of rotatable bonds is 6. The number of hydrogen-bond donors (Lipinski definition) is 3. The van der Waals surface area contributed by atoms with Crippen molar-refractivity contribution in [2.24, 2.45) is 0 Å². The first-order valence-electron chi connectivity index (χ1n) is 8.48. The number of hydrogen-bond acceptors (Lipinski definition) is 4. The third kappa shape index (κ3) is 4.01. The SMILES string of the molecule is CCc1cccc(CC)c1Nc1ccc(NC(=O)NC2CC2)nn1. The maximum atomic E-state index is 11.7. The molecule has 1 saturated carbocycles. The van der Waals surface area contributed by atoms with Gasteiger partial charge in [0, 0.05) is 11.7 Å². The normalized spacial score (nSPS) is 13.4. The van der Waals surface area contributed by atoms with Gasteiger partial charge in [0.15, 0.2) is 11.6 Å². The fourth-order valence-corrected chi connectivity index (χ4v) is 2.56. The Labute approximate surface area is 142 Å². The largest absolute Gasteiger partial charge is 0.338 e. The summed E-state index contributed by atoms with van der Waals surface area (Å²) < 4.78 is 0. The first-order chi connectivity index (χ1) is 11.7. The molecule has 1 fully saturated rings. The lowest BCUT2D eigenvalue weighted by Gasteiger charge is -2.14. The molecular weight excluding hydrogens is 302 g/mol. The van der Waals surface area contributed by atoms with Gasteiger partial charge in [-0.25, -0.2) is 4.79 Å². The Balaban J connectivity index is 1.69. The lowest BCUT2D eigenvalue weighted by molar-refractivity contribution is 0.251. The molecule has 126 valence electrons. The summed E-state index contributed by atoms with van der Waals surface area (Å²) in [6, 6.07) is 9.99.